The Kier molecular flexibility index (Phi) is 8.36. The van der Waals surface area contributed by atoms with E-state index in [-0.39, 0.29) is 22.7 Å². The summed E-state index contributed by atoms with van der Waals surface area (Å²) in [7, 11) is -3.58. The van der Waals surface area contributed by atoms with Crippen LogP contribution in [-0.2, 0) is 14.8 Å². The summed E-state index contributed by atoms with van der Waals surface area (Å²) in [5.74, 6) is -0.636. The molecule has 0 spiro atoms. The molecule has 1 atom stereocenters. The Morgan fingerprint density at radius 3 is 2.38 bits per heavy atom. The lowest BCUT2D eigenvalue weighted by molar-refractivity contribution is 0.0162. The Hall–Kier alpha value is -2.33. The molecule has 1 aliphatic rings. The predicted molar refractivity (Wildman–Crippen MR) is 120 cm³/mol. The summed E-state index contributed by atoms with van der Waals surface area (Å²) >= 11 is 0. The van der Waals surface area contributed by atoms with Gasteiger partial charge in [-0.3, -0.25) is 9.69 Å². The fraction of sp³-hybridized carbons (Fsp3) is 0.435. The third-order valence-electron chi connectivity index (χ3n) is 5.64. The second-order valence-corrected chi connectivity index (χ2v) is 9.48. The van der Waals surface area contributed by atoms with Crippen molar-refractivity contribution in [3.63, 3.8) is 0 Å². The predicted octanol–water partition coefficient (Wildman–Crippen LogP) is 2.66. The minimum atomic E-state index is -3.58. The van der Waals surface area contributed by atoms with E-state index < -0.39 is 10.0 Å². The second kappa shape index (κ2) is 11.0. The van der Waals surface area contributed by atoms with Crippen LogP contribution in [-0.4, -0.2) is 69.5 Å². The van der Waals surface area contributed by atoms with Gasteiger partial charge in [-0.05, 0) is 42.0 Å². The fourth-order valence-corrected chi connectivity index (χ4v) is 5.30. The lowest BCUT2D eigenvalue weighted by Gasteiger charge is -2.35. The van der Waals surface area contributed by atoms with Crippen LogP contribution in [0, 0.1) is 5.82 Å². The number of nitrogens with zero attached hydrogens (tertiary/aromatic N) is 2. The third kappa shape index (κ3) is 5.72. The van der Waals surface area contributed by atoms with Gasteiger partial charge in [0.25, 0.3) is 5.91 Å². The van der Waals surface area contributed by atoms with E-state index >= 15 is 0 Å². The van der Waals surface area contributed by atoms with Gasteiger partial charge in [0, 0.05) is 38.3 Å². The molecule has 174 valence electrons. The summed E-state index contributed by atoms with van der Waals surface area (Å²) in [5, 5.41) is 2.91. The van der Waals surface area contributed by atoms with E-state index in [0.29, 0.717) is 51.5 Å². The largest absolute Gasteiger partial charge is 0.379 e. The zero-order chi connectivity index (χ0) is 23.1. The zero-order valence-electron chi connectivity index (χ0n) is 18.5. The lowest BCUT2D eigenvalue weighted by Crippen LogP contribution is -2.43. The van der Waals surface area contributed by atoms with Gasteiger partial charge in [0.05, 0.1) is 24.2 Å². The van der Waals surface area contributed by atoms with Crippen molar-refractivity contribution in [2.75, 3.05) is 45.9 Å². The Balaban J connectivity index is 1.72. The van der Waals surface area contributed by atoms with Gasteiger partial charge in [0.1, 0.15) is 5.82 Å². The fourth-order valence-electron chi connectivity index (χ4n) is 3.84. The monoisotopic (exact) mass is 463 g/mol. The van der Waals surface area contributed by atoms with Crippen LogP contribution in [0.4, 0.5) is 4.39 Å². The second-order valence-electron chi connectivity index (χ2n) is 7.54. The number of ether oxygens (including phenoxy) is 1. The molecule has 1 amide bonds. The van der Waals surface area contributed by atoms with E-state index in [0.717, 1.165) is 5.56 Å². The van der Waals surface area contributed by atoms with Gasteiger partial charge < -0.3 is 10.1 Å². The SMILES string of the molecule is CCN(CC)S(=O)(=O)c1ccc(C(=O)NCC(c2cccc(F)c2)N2CCOCC2)cc1. The van der Waals surface area contributed by atoms with E-state index in [4.69, 9.17) is 4.74 Å². The number of morpholine rings is 1. The number of rotatable bonds is 9. The highest BCUT2D eigenvalue weighted by Gasteiger charge is 2.25. The summed E-state index contributed by atoms with van der Waals surface area (Å²) in [6, 6.07) is 12.1. The number of halogens is 1. The van der Waals surface area contributed by atoms with Crippen molar-refractivity contribution in [2.45, 2.75) is 24.8 Å². The van der Waals surface area contributed by atoms with Crippen LogP contribution in [0.3, 0.4) is 0 Å². The molecule has 1 unspecified atom stereocenters. The molecule has 32 heavy (non-hydrogen) atoms. The van der Waals surface area contributed by atoms with Crippen LogP contribution >= 0.6 is 0 Å². The van der Waals surface area contributed by atoms with Crippen molar-refractivity contribution in [3.05, 3.63) is 65.5 Å². The quantitative estimate of drug-likeness (QED) is 0.619. The van der Waals surface area contributed by atoms with Crippen molar-refractivity contribution in [1.82, 2.24) is 14.5 Å². The average molecular weight is 464 g/mol. The van der Waals surface area contributed by atoms with E-state index in [9.17, 15) is 17.6 Å². The average Bonchev–Trinajstić information content (AvgIpc) is 2.80. The number of nitrogens with one attached hydrogen (secondary N) is 1. The highest BCUT2D eigenvalue weighted by atomic mass is 32.2. The Morgan fingerprint density at radius 1 is 1.12 bits per heavy atom. The van der Waals surface area contributed by atoms with Crippen molar-refractivity contribution < 1.29 is 22.3 Å². The van der Waals surface area contributed by atoms with Crippen LogP contribution in [0.15, 0.2) is 53.4 Å². The van der Waals surface area contributed by atoms with Crippen LogP contribution in [0.5, 0.6) is 0 Å². The molecule has 1 saturated heterocycles. The zero-order valence-corrected chi connectivity index (χ0v) is 19.3. The molecular formula is C23H30FN3O4S. The van der Waals surface area contributed by atoms with Crippen molar-refractivity contribution in [2.24, 2.45) is 0 Å². The van der Waals surface area contributed by atoms with Crippen LogP contribution in [0.1, 0.15) is 35.8 Å². The Morgan fingerprint density at radius 2 is 1.78 bits per heavy atom. The van der Waals surface area contributed by atoms with Gasteiger partial charge in [-0.1, -0.05) is 26.0 Å². The highest BCUT2D eigenvalue weighted by Crippen LogP contribution is 2.22. The molecular weight excluding hydrogens is 433 g/mol. The van der Waals surface area contributed by atoms with E-state index in [1.807, 2.05) is 6.07 Å². The Bertz CT molecular complexity index is 1000. The number of amides is 1. The van der Waals surface area contributed by atoms with E-state index in [1.54, 1.807) is 19.9 Å². The Labute approximate surface area is 189 Å². The molecule has 1 N–H and O–H groups in total. The van der Waals surface area contributed by atoms with Gasteiger partial charge in [-0.15, -0.1) is 0 Å². The first-order valence-electron chi connectivity index (χ1n) is 10.8. The highest BCUT2D eigenvalue weighted by molar-refractivity contribution is 7.89. The lowest BCUT2D eigenvalue weighted by atomic mass is 10.0. The maximum atomic E-state index is 13.8. The van der Waals surface area contributed by atoms with Gasteiger partial charge >= 0.3 is 0 Å². The third-order valence-corrected chi connectivity index (χ3v) is 7.70. The minimum absolute atomic E-state index is 0.156. The molecule has 0 radical (unpaired) electrons. The van der Waals surface area contributed by atoms with Crippen LogP contribution < -0.4 is 5.32 Å². The van der Waals surface area contributed by atoms with Gasteiger partial charge in [0.15, 0.2) is 0 Å². The van der Waals surface area contributed by atoms with E-state index in [2.05, 4.69) is 10.2 Å². The summed E-state index contributed by atoms with van der Waals surface area (Å²) in [5.41, 5.74) is 1.15. The smallest absolute Gasteiger partial charge is 0.251 e. The normalized spacial score (nSPS) is 16.1. The van der Waals surface area contributed by atoms with Crippen molar-refractivity contribution in [1.29, 1.82) is 0 Å². The van der Waals surface area contributed by atoms with Crippen molar-refractivity contribution in [3.8, 4) is 0 Å². The summed E-state index contributed by atoms with van der Waals surface area (Å²) in [6.07, 6.45) is 0. The van der Waals surface area contributed by atoms with Crippen LogP contribution in [0.2, 0.25) is 0 Å². The molecule has 0 aromatic heterocycles. The first-order valence-corrected chi connectivity index (χ1v) is 12.3. The molecule has 1 heterocycles. The van der Waals surface area contributed by atoms with Crippen molar-refractivity contribution >= 4 is 15.9 Å². The number of sulfonamides is 1. The summed E-state index contributed by atoms with van der Waals surface area (Å²) in [6.45, 7) is 7.17. The topological polar surface area (TPSA) is 79.0 Å². The molecule has 1 aliphatic heterocycles. The molecule has 0 aliphatic carbocycles. The molecule has 9 heteroatoms. The first-order chi connectivity index (χ1) is 15.4. The number of carbonyl (C=O) groups excluding carboxylic acids is 1. The molecule has 1 fully saturated rings. The first kappa shape index (κ1) is 24.3. The molecule has 2 aromatic rings. The number of carbonyl (C=O) groups is 1. The maximum absolute atomic E-state index is 13.8. The molecule has 3 rings (SSSR count). The van der Waals surface area contributed by atoms with Gasteiger partial charge in [-0.25, -0.2) is 12.8 Å². The van der Waals surface area contributed by atoms with Crippen LogP contribution in [0.25, 0.3) is 0 Å². The number of hydrogen-bond acceptors (Lipinski definition) is 5. The van der Waals surface area contributed by atoms with Gasteiger partial charge in [0.2, 0.25) is 10.0 Å². The van der Waals surface area contributed by atoms with Gasteiger partial charge in [-0.2, -0.15) is 4.31 Å². The maximum Gasteiger partial charge on any atom is 0.251 e. The molecule has 0 bridgehead atoms. The summed E-state index contributed by atoms with van der Waals surface area (Å²) < 4.78 is 45.9. The molecule has 7 nitrogen and oxygen atoms in total. The minimum Gasteiger partial charge on any atom is -0.379 e. The standard InChI is InChI=1S/C23H30FN3O4S/c1-3-27(4-2)32(29,30)21-10-8-18(9-11-21)23(28)25-17-22(26-12-14-31-15-13-26)19-6-5-7-20(24)16-19/h5-11,16,22H,3-4,12-15,17H2,1-2H3,(H,25,28). The molecule has 2 aromatic carbocycles. The van der Waals surface area contributed by atoms with E-state index in [1.165, 1.54) is 40.7 Å². The molecule has 0 saturated carbocycles. The summed E-state index contributed by atoms with van der Waals surface area (Å²) in [4.78, 5) is 15.1. The number of benzene rings is 2. The number of hydrogen-bond donors (Lipinski definition) is 1.